The second-order valence-electron chi connectivity index (χ2n) is 8.86. The van der Waals surface area contributed by atoms with Gasteiger partial charge in [-0.15, -0.1) is 0 Å². The number of amides is 1. The van der Waals surface area contributed by atoms with E-state index in [9.17, 15) is 4.79 Å². The Balaban J connectivity index is 1.54. The maximum Gasteiger partial charge on any atom is 0.232 e. The standard InChI is InChI=1S/C31H29NO2/c1-34-26-18-20-28-25(21-26)17-19-27(22-11-5-2-6-12-22)30(28)32-31(33)29(23-13-7-3-8-14-23)24-15-9-4-10-16-24/h2-16,18,20-21,27,29-30H,17,19H2,1H3,(H,32,33)/t27-,30-/m1/s1. The van der Waals surface area contributed by atoms with E-state index >= 15 is 0 Å². The van der Waals surface area contributed by atoms with Gasteiger partial charge >= 0.3 is 0 Å². The smallest absolute Gasteiger partial charge is 0.232 e. The molecule has 3 heteroatoms. The van der Waals surface area contributed by atoms with Crippen LogP contribution in [0.2, 0.25) is 0 Å². The van der Waals surface area contributed by atoms with Crippen LogP contribution in [0.15, 0.2) is 109 Å². The molecule has 0 aromatic heterocycles. The van der Waals surface area contributed by atoms with Crippen LogP contribution >= 0.6 is 0 Å². The van der Waals surface area contributed by atoms with Crippen LogP contribution < -0.4 is 10.1 Å². The predicted octanol–water partition coefficient (Wildman–Crippen LogP) is 6.41. The van der Waals surface area contributed by atoms with E-state index in [-0.39, 0.29) is 23.8 Å². The Morgan fingerprint density at radius 3 is 2.00 bits per heavy atom. The highest BCUT2D eigenvalue weighted by atomic mass is 16.5. The lowest BCUT2D eigenvalue weighted by atomic mass is 9.76. The highest BCUT2D eigenvalue weighted by molar-refractivity contribution is 5.87. The van der Waals surface area contributed by atoms with Gasteiger partial charge in [-0.1, -0.05) is 97.1 Å². The van der Waals surface area contributed by atoms with E-state index in [1.807, 2.05) is 72.8 Å². The molecular formula is C31H29NO2. The Kier molecular flexibility index (Phi) is 6.44. The molecule has 4 aromatic carbocycles. The second kappa shape index (κ2) is 9.96. The van der Waals surface area contributed by atoms with Crippen molar-refractivity contribution in [2.75, 3.05) is 7.11 Å². The normalized spacial score (nSPS) is 17.1. The molecule has 0 saturated carbocycles. The number of benzene rings is 4. The Bertz CT molecular complexity index is 1200. The molecule has 34 heavy (non-hydrogen) atoms. The van der Waals surface area contributed by atoms with Crippen molar-refractivity contribution >= 4 is 5.91 Å². The summed E-state index contributed by atoms with van der Waals surface area (Å²) in [6.07, 6.45) is 1.93. The number of fused-ring (bicyclic) bond motifs is 1. The first kappa shape index (κ1) is 22.0. The van der Waals surface area contributed by atoms with E-state index in [4.69, 9.17) is 4.74 Å². The summed E-state index contributed by atoms with van der Waals surface area (Å²) in [5, 5.41) is 3.48. The maximum atomic E-state index is 14.0. The quantitative estimate of drug-likeness (QED) is 0.371. The van der Waals surface area contributed by atoms with Crippen molar-refractivity contribution in [3.8, 4) is 5.75 Å². The van der Waals surface area contributed by atoms with Crippen molar-refractivity contribution < 1.29 is 9.53 Å². The summed E-state index contributed by atoms with van der Waals surface area (Å²) in [6.45, 7) is 0. The van der Waals surface area contributed by atoms with E-state index in [0.29, 0.717) is 0 Å². The van der Waals surface area contributed by atoms with Gasteiger partial charge in [0.05, 0.1) is 19.1 Å². The van der Waals surface area contributed by atoms with E-state index in [2.05, 4.69) is 41.7 Å². The van der Waals surface area contributed by atoms with Gasteiger partial charge in [-0.2, -0.15) is 0 Å². The lowest BCUT2D eigenvalue weighted by Crippen LogP contribution is -2.38. The minimum atomic E-state index is -0.373. The number of aryl methyl sites for hydroxylation is 1. The van der Waals surface area contributed by atoms with Crippen molar-refractivity contribution in [1.82, 2.24) is 5.32 Å². The number of rotatable bonds is 6. The first-order valence-corrected chi connectivity index (χ1v) is 11.9. The minimum absolute atomic E-state index is 0.0204. The van der Waals surface area contributed by atoms with Crippen molar-refractivity contribution in [3.63, 3.8) is 0 Å². The van der Waals surface area contributed by atoms with Crippen LogP contribution in [0.3, 0.4) is 0 Å². The number of hydrogen-bond acceptors (Lipinski definition) is 2. The molecule has 0 saturated heterocycles. The van der Waals surface area contributed by atoms with Gasteiger partial charge in [-0.3, -0.25) is 4.79 Å². The molecule has 1 aliphatic rings. The van der Waals surface area contributed by atoms with Crippen LogP contribution in [0.5, 0.6) is 5.75 Å². The monoisotopic (exact) mass is 447 g/mol. The molecule has 2 atom stereocenters. The zero-order valence-electron chi connectivity index (χ0n) is 19.4. The highest BCUT2D eigenvalue weighted by Crippen LogP contribution is 2.42. The van der Waals surface area contributed by atoms with E-state index in [1.54, 1.807) is 7.11 Å². The van der Waals surface area contributed by atoms with Gasteiger partial charge in [0.2, 0.25) is 5.91 Å². The summed E-state index contributed by atoms with van der Waals surface area (Å²) in [5.74, 6) is 0.709. The second-order valence-corrected chi connectivity index (χ2v) is 8.86. The first-order valence-electron chi connectivity index (χ1n) is 11.9. The van der Waals surface area contributed by atoms with Crippen LogP contribution in [0, 0.1) is 0 Å². The molecule has 0 spiro atoms. The minimum Gasteiger partial charge on any atom is -0.497 e. The third-order valence-corrected chi connectivity index (χ3v) is 6.87. The highest BCUT2D eigenvalue weighted by Gasteiger charge is 2.34. The van der Waals surface area contributed by atoms with Gasteiger partial charge in [-0.25, -0.2) is 0 Å². The van der Waals surface area contributed by atoms with Crippen LogP contribution in [-0.4, -0.2) is 13.0 Å². The maximum absolute atomic E-state index is 14.0. The summed E-state index contributed by atoms with van der Waals surface area (Å²) in [6, 6.07) is 36.7. The van der Waals surface area contributed by atoms with Gasteiger partial charge in [0.1, 0.15) is 5.75 Å². The number of methoxy groups -OCH3 is 1. The predicted molar refractivity (Wildman–Crippen MR) is 136 cm³/mol. The fraction of sp³-hybridized carbons (Fsp3) is 0.194. The van der Waals surface area contributed by atoms with Gasteiger partial charge in [0.25, 0.3) is 0 Å². The zero-order chi connectivity index (χ0) is 23.3. The third kappa shape index (κ3) is 4.47. The number of carbonyl (C=O) groups excluding carboxylic acids is 1. The molecule has 5 rings (SSSR count). The molecule has 0 heterocycles. The van der Waals surface area contributed by atoms with Crippen molar-refractivity contribution in [3.05, 3.63) is 137 Å². The average Bonchev–Trinajstić information content (AvgIpc) is 2.90. The summed E-state index contributed by atoms with van der Waals surface area (Å²) in [4.78, 5) is 14.0. The number of hydrogen-bond donors (Lipinski definition) is 1. The number of nitrogens with one attached hydrogen (secondary N) is 1. The molecule has 170 valence electrons. The van der Waals surface area contributed by atoms with Gasteiger partial charge in [0.15, 0.2) is 0 Å². The lowest BCUT2D eigenvalue weighted by molar-refractivity contribution is -0.122. The van der Waals surface area contributed by atoms with Gasteiger partial charge in [0, 0.05) is 5.92 Å². The summed E-state index contributed by atoms with van der Waals surface area (Å²) < 4.78 is 5.47. The largest absolute Gasteiger partial charge is 0.497 e. The molecule has 0 radical (unpaired) electrons. The van der Waals surface area contributed by atoms with E-state index in [1.165, 1.54) is 16.7 Å². The topological polar surface area (TPSA) is 38.3 Å². The molecule has 1 aliphatic carbocycles. The van der Waals surface area contributed by atoms with E-state index < -0.39 is 0 Å². The van der Waals surface area contributed by atoms with Crippen molar-refractivity contribution in [2.45, 2.75) is 30.7 Å². The Labute approximate surface area is 201 Å². The molecule has 0 unspecified atom stereocenters. The SMILES string of the molecule is COc1ccc2c(c1)CC[C@H](c1ccccc1)[C@H]2NC(=O)C(c1ccccc1)c1ccccc1. The Morgan fingerprint density at radius 2 is 1.41 bits per heavy atom. The summed E-state index contributed by atoms with van der Waals surface area (Å²) >= 11 is 0. The molecule has 3 nitrogen and oxygen atoms in total. The van der Waals surface area contributed by atoms with Crippen LogP contribution in [0.4, 0.5) is 0 Å². The Hall–Kier alpha value is -3.85. The van der Waals surface area contributed by atoms with Crippen LogP contribution in [0.25, 0.3) is 0 Å². The van der Waals surface area contributed by atoms with E-state index in [0.717, 1.165) is 29.7 Å². The van der Waals surface area contributed by atoms with Gasteiger partial charge in [-0.05, 0) is 52.8 Å². The summed E-state index contributed by atoms with van der Waals surface area (Å²) in [5.41, 5.74) is 5.66. The number of carbonyl (C=O) groups is 1. The van der Waals surface area contributed by atoms with Crippen LogP contribution in [-0.2, 0) is 11.2 Å². The zero-order valence-corrected chi connectivity index (χ0v) is 19.4. The lowest BCUT2D eigenvalue weighted by Gasteiger charge is -2.36. The van der Waals surface area contributed by atoms with Crippen molar-refractivity contribution in [2.24, 2.45) is 0 Å². The molecule has 1 amide bonds. The molecular weight excluding hydrogens is 418 g/mol. The average molecular weight is 448 g/mol. The molecule has 4 aromatic rings. The molecule has 0 bridgehead atoms. The molecule has 0 fully saturated rings. The fourth-order valence-corrected chi connectivity index (χ4v) is 5.18. The van der Waals surface area contributed by atoms with Crippen LogP contribution in [0.1, 0.15) is 52.1 Å². The summed E-state index contributed by atoms with van der Waals surface area (Å²) in [7, 11) is 1.70. The molecule has 1 N–H and O–H groups in total. The number of ether oxygens (including phenoxy) is 1. The fourth-order valence-electron chi connectivity index (χ4n) is 5.18. The molecule has 0 aliphatic heterocycles. The first-order chi connectivity index (χ1) is 16.7. The van der Waals surface area contributed by atoms with Crippen molar-refractivity contribution in [1.29, 1.82) is 0 Å². The van der Waals surface area contributed by atoms with Gasteiger partial charge < -0.3 is 10.1 Å². The Morgan fingerprint density at radius 1 is 0.824 bits per heavy atom. The third-order valence-electron chi connectivity index (χ3n) is 6.87.